The summed E-state index contributed by atoms with van der Waals surface area (Å²) in [6, 6.07) is 2.02. The van der Waals surface area contributed by atoms with Gasteiger partial charge >= 0.3 is 0 Å². The third kappa shape index (κ3) is 2.86. The summed E-state index contributed by atoms with van der Waals surface area (Å²) in [7, 11) is 0. The maximum Gasteiger partial charge on any atom is 0.255 e. The van der Waals surface area contributed by atoms with E-state index in [2.05, 4.69) is 4.98 Å². The number of hydrogen-bond acceptors (Lipinski definition) is 5. The number of aromatic nitrogens is 1. The van der Waals surface area contributed by atoms with Gasteiger partial charge in [-0.2, -0.15) is 0 Å². The van der Waals surface area contributed by atoms with Gasteiger partial charge in [-0.25, -0.2) is 0 Å². The Morgan fingerprint density at radius 2 is 2.20 bits per heavy atom. The first-order valence-corrected chi connectivity index (χ1v) is 9.41. The molecule has 1 aliphatic heterocycles. The van der Waals surface area contributed by atoms with Crippen LogP contribution in [-0.2, 0) is 17.6 Å². The van der Waals surface area contributed by atoms with Crippen LogP contribution in [0.4, 0.5) is 0 Å². The van der Waals surface area contributed by atoms with Crippen molar-refractivity contribution in [2.75, 3.05) is 26.2 Å². The topological polar surface area (TPSA) is 88.7 Å². The second-order valence-corrected chi connectivity index (χ2v) is 7.61. The SMILES string of the molecule is NCCO[C@@H]1C[C@H](O)C12CCN(C(=O)c1cnc3c(c1)CCC3)CC2. The Morgan fingerprint density at radius 3 is 2.92 bits per heavy atom. The monoisotopic (exact) mass is 345 g/mol. The molecule has 6 heteroatoms. The van der Waals surface area contributed by atoms with Gasteiger partial charge in [-0.15, -0.1) is 0 Å². The predicted octanol–water partition coefficient (Wildman–Crippen LogP) is 0.901. The Hall–Kier alpha value is -1.50. The molecule has 2 aliphatic carbocycles. The van der Waals surface area contributed by atoms with E-state index < -0.39 is 0 Å². The normalized spacial score (nSPS) is 27.2. The Labute approximate surface area is 148 Å². The van der Waals surface area contributed by atoms with E-state index in [1.165, 1.54) is 5.56 Å². The summed E-state index contributed by atoms with van der Waals surface area (Å²) in [5.41, 5.74) is 8.40. The van der Waals surface area contributed by atoms with Gasteiger partial charge in [0.05, 0.1) is 24.4 Å². The first-order valence-electron chi connectivity index (χ1n) is 9.41. The van der Waals surface area contributed by atoms with Crippen molar-refractivity contribution >= 4 is 5.91 Å². The van der Waals surface area contributed by atoms with Crippen molar-refractivity contribution in [1.82, 2.24) is 9.88 Å². The molecule has 0 unspecified atom stereocenters. The average Bonchev–Trinajstić information content (AvgIpc) is 3.12. The average molecular weight is 345 g/mol. The number of fused-ring (bicyclic) bond motifs is 1. The van der Waals surface area contributed by atoms with Crippen LogP contribution in [0, 0.1) is 5.41 Å². The van der Waals surface area contributed by atoms with Crippen LogP contribution in [0.2, 0.25) is 0 Å². The van der Waals surface area contributed by atoms with Crippen molar-refractivity contribution in [1.29, 1.82) is 0 Å². The molecule has 6 nitrogen and oxygen atoms in total. The number of carbonyl (C=O) groups is 1. The summed E-state index contributed by atoms with van der Waals surface area (Å²) in [5.74, 6) is 0.0605. The van der Waals surface area contributed by atoms with Crippen LogP contribution in [0.5, 0.6) is 0 Å². The van der Waals surface area contributed by atoms with Gasteiger partial charge in [0.25, 0.3) is 5.91 Å². The molecule has 1 spiro atoms. The second kappa shape index (κ2) is 6.67. The van der Waals surface area contributed by atoms with E-state index in [4.69, 9.17) is 10.5 Å². The molecule has 1 saturated heterocycles. The number of piperidine rings is 1. The van der Waals surface area contributed by atoms with Crippen LogP contribution >= 0.6 is 0 Å². The zero-order chi connectivity index (χ0) is 17.4. The van der Waals surface area contributed by atoms with Crippen molar-refractivity contribution in [2.45, 2.75) is 50.7 Å². The Balaban J connectivity index is 1.40. The molecule has 3 aliphatic rings. The first kappa shape index (κ1) is 16.9. The molecule has 1 aromatic rings. The van der Waals surface area contributed by atoms with E-state index in [1.807, 2.05) is 11.0 Å². The maximum atomic E-state index is 12.8. The van der Waals surface area contributed by atoms with Gasteiger partial charge in [0.1, 0.15) is 0 Å². The van der Waals surface area contributed by atoms with Gasteiger partial charge in [-0.3, -0.25) is 9.78 Å². The van der Waals surface area contributed by atoms with Gasteiger partial charge in [0.2, 0.25) is 0 Å². The standard InChI is InChI=1S/C19H27N3O3/c20-6-9-25-17-11-16(23)19(17)4-7-22(8-5-19)18(24)14-10-13-2-1-3-15(13)21-12-14/h10,12,16-17,23H,1-9,11,20H2/t16-,17+/m0/s1. The summed E-state index contributed by atoms with van der Waals surface area (Å²) >= 11 is 0. The maximum absolute atomic E-state index is 12.8. The predicted molar refractivity (Wildman–Crippen MR) is 93.3 cm³/mol. The Bertz CT molecular complexity index is 655. The minimum Gasteiger partial charge on any atom is -0.392 e. The fraction of sp³-hybridized carbons (Fsp3) is 0.684. The second-order valence-electron chi connectivity index (χ2n) is 7.61. The van der Waals surface area contributed by atoms with Crippen LogP contribution < -0.4 is 5.73 Å². The van der Waals surface area contributed by atoms with Gasteiger partial charge in [0.15, 0.2) is 0 Å². The minimum atomic E-state index is -0.325. The number of likely N-dealkylation sites (tertiary alicyclic amines) is 1. The molecule has 4 rings (SSSR count). The molecule has 3 N–H and O–H groups in total. The van der Waals surface area contributed by atoms with Crippen molar-refractivity contribution in [3.05, 3.63) is 29.1 Å². The van der Waals surface area contributed by atoms with Crippen molar-refractivity contribution in [2.24, 2.45) is 11.1 Å². The molecule has 0 radical (unpaired) electrons. The third-order valence-electron chi connectivity index (χ3n) is 6.33. The number of nitrogens with two attached hydrogens (primary N) is 1. The highest BCUT2D eigenvalue weighted by atomic mass is 16.5. The molecule has 2 atom stereocenters. The fourth-order valence-electron chi connectivity index (χ4n) is 4.68. The fourth-order valence-corrected chi connectivity index (χ4v) is 4.68. The number of amides is 1. The molecular formula is C19H27N3O3. The lowest BCUT2D eigenvalue weighted by Gasteiger charge is -2.56. The largest absolute Gasteiger partial charge is 0.392 e. The Kier molecular flexibility index (Phi) is 4.52. The van der Waals surface area contributed by atoms with Gasteiger partial charge in [-0.1, -0.05) is 0 Å². The lowest BCUT2D eigenvalue weighted by molar-refractivity contribution is -0.207. The molecule has 2 heterocycles. The highest BCUT2D eigenvalue weighted by molar-refractivity contribution is 5.94. The molecule has 25 heavy (non-hydrogen) atoms. The number of nitrogens with zero attached hydrogens (tertiary/aromatic N) is 2. The number of ether oxygens (including phenoxy) is 1. The van der Waals surface area contributed by atoms with Gasteiger partial charge in [-0.05, 0) is 43.7 Å². The molecular weight excluding hydrogens is 318 g/mol. The number of aliphatic hydroxyl groups is 1. The molecule has 1 aromatic heterocycles. The zero-order valence-electron chi connectivity index (χ0n) is 14.6. The van der Waals surface area contributed by atoms with E-state index >= 15 is 0 Å². The van der Waals surface area contributed by atoms with Gasteiger partial charge < -0.3 is 20.5 Å². The van der Waals surface area contributed by atoms with Gasteiger partial charge in [0, 0.05) is 43.4 Å². The van der Waals surface area contributed by atoms with Crippen LogP contribution in [-0.4, -0.2) is 59.3 Å². The minimum absolute atomic E-state index is 0.0605. The summed E-state index contributed by atoms with van der Waals surface area (Å²) < 4.78 is 5.82. The molecule has 0 aromatic carbocycles. The van der Waals surface area contributed by atoms with E-state index in [-0.39, 0.29) is 23.5 Å². The van der Waals surface area contributed by atoms with Crippen molar-refractivity contribution < 1.29 is 14.6 Å². The molecule has 1 saturated carbocycles. The number of pyridine rings is 1. The Morgan fingerprint density at radius 1 is 1.40 bits per heavy atom. The van der Waals surface area contributed by atoms with E-state index in [0.29, 0.717) is 38.2 Å². The summed E-state index contributed by atoms with van der Waals surface area (Å²) in [5, 5.41) is 10.3. The van der Waals surface area contributed by atoms with E-state index in [1.54, 1.807) is 6.20 Å². The van der Waals surface area contributed by atoms with E-state index in [0.717, 1.165) is 37.8 Å². The van der Waals surface area contributed by atoms with Crippen LogP contribution in [0.25, 0.3) is 0 Å². The summed E-state index contributed by atoms with van der Waals surface area (Å²) in [6.07, 6.45) is 6.91. The quantitative estimate of drug-likeness (QED) is 0.846. The number of carbonyl (C=O) groups excluding carboxylic acids is 1. The smallest absolute Gasteiger partial charge is 0.255 e. The van der Waals surface area contributed by atoms with Crippen molar-refractivity contribution in [3.8, 4) is 0 Å². The summed E-state index contributed by atoms with van der Waals surface area (Å²) in [4.78, 5) is 19.2. The molecule has 136 valence electrons. The first-order chi connectivity index (χ1) is 12.1. The molecule has 1 amide bonds. The molecule has 0 bridgehead atoms. The summed E-state index contributed by atoms with van der Waals surface area (Å²) in [6.45, 7) is 2.35. The van der Waals surface area contributed by atoms with Crippen LogP contribution in [0.15, 0.2) is 12.3 Å². The lowest BCUT2D eigenvalue weighted by Crippen LogP contribution is -2.62. The highest BCUT2D eigenvalue weighted by Crippen LogP contribution is 2.51. The van der Waals surface area contributed by atoms with Crippen LogP contribution in [0.1, 0.15) is 47.3 Å². The number of aliphatic hydroxyl groups excluding tert-OH is 1. The van der Waals surface area contributed by atoms with E-state index in [9.17, 15) is 9.90 Å². The number of hydrogen-bond donors (Lipinski definition) is 2. The molecule has 2 fully saturated rings. The van der Waals surface area contributed by atoms with Crippen LogP contribution in [0.3, 0.4) is 0 Å². The zero-order valence-corrected chi connectivity index (χ0v) is 14.6. The number of aryl methyl sites for hydroxylation is 2. The highest BCUT2D eigenvalue weighted by Gasteiger charge is 2.56. The van der Waals surface area contributed by atoms with Crippen molar-refractivity contribution in [3.63, 3.8) is 0 Å². The third-order valence-corrected chi connectivity index (χ3v) is 6.33. The number of rotatable bonds is 4. The lowest BCUT2D eigenvalue weighted by atomic mass is 9.58.